The number of halogens is 1. The van der Waals surface area contributed by atoms with E-state index in [1.807, 2.05) is 6.07 Å². The number of rotatable bonds is 1. The molecule has 116 valence electrons. The fourth-order valence-electron chi connectivity index (χ4n) is 2.03. The largest absolute Gasteiger partial charge is 0.506 e. The lowest BCUT2D eigenvalue weighted by Gasteiger charge is -2.20. The Morgan fingerprint density at radius 2 is 1.96 bits per heavy atom. The van der Waals surface area contributed by atoms with E-state index in [2.05, 4.69) is 15.0 Å². The van der Waals surface area contributed by atoms with Crippen molar-refractivity contribution in [3.63, 3.8) is 0 Å². The van der Waals surface area contributed by atoms with E-state index in [0.717, 1.165) is 0 Å². The summed E-state index contributed by atoms with van der Waals surface area (Å²) in [6.07, 6.45) is 0. The zero-order valence-electron chi connectivity index (χ0n) is 11.4. The molecule has 2 aromatic carbocycles. The number of hydrogen-bond donors (Lipinski definition) is 3. The highest BCUT2D eigenvalue weighted by molar-refractivity contribution is 7.90. The zero-order valence-corrected chi connectivity index (χ0v) is 13.0. The van der Waals surface area contributed by atoms with Gasteiger partial charge < -0.3 is 15.7 Å². The Morgan fingerprint density at radius 3 is 2.61 bits per heavy atom. The molecular weight excluding hydrogens is 340 g/mol. The smallest absolute Gasteiger partial charge is 0.287 e. The SMILES string of the molecule is N#Cc1ccc(NC2=NS(=O)(=O)c3cc(Cl)cc(O)c3N2)cc1. The Hall–Kier alpha value is -2.76. The molecule has 0 bridgehead atoms. The van der Waals surface area contributed by atoms with Gasteiger partial charge in [0.25, 0.3) is 10.0 Å². The third kappa shape index (κ3) is 2.92. The van der Waals surface area contributed by atoms with Crippen molar-refractivity contribution in [1.82, 2.24) is 0 Å². The zero-order chi connectivity index (χ0) is 16.6. The molecule has 0 saturated carbocycles. The summed E-state index contributed by atoms with van der Waals surface area (Å²) >= 11 is 5.76. The molecule has 2 aromatic rings. The maximum absolute atomic E-state index is 12.2. The molecule has 0 aromatic heterocycles. The number of nitrogens with one attached hydrogen (secondary N) is 2. The molecule has 7 nitrogen and oxygen atoms in total. The number of nitriles is 1. The topological polar surface area (TPSA) is 115 Å². The van der Waals surface area contributed by atoms with Crippen LogP contribution in [-0.2, 0) is 10.0 Å². The number of phenolic OH excluding ortho intramolecular Hbond substituents is 1. The molecule has 9 heteroatoms. The van der Waals surface area contributed by atoms with Crippen LogP contribution < -0.4 is 10.6 Å². The maximum atomic E-state index is 12.2. The van der Waals surface area contributed by atoms with Crippen LogP contribution >= 0.6 is 11.6 Å². The summed E-state index contributed by atoms with van der Waals surface area (Å²) in [6, 6.07) is 10.8. The summed E-state index contributed by atoms with van der Waals surface area (Å²) in [4.78, 5) is -0.201. The Bertz CT molecular complexity index is 963. The van der Waals surface area contributed by atoms with Crippen molar-refractivity contribution < 1.29 is 13.5 Å². The van der Waals surface area contributed by atoms with Gasteiger partial charge in [-0.3, -0.25) is 0 Å². The van der Waals surface area contributed by atoms with Crippen LogP contribution in [0.4, 0.5) is 11.4 Å². The van der Waals surface area contributed by atoms with Crippen molar-refractivity contribution in [2.45, 2.75) is 4.90 Å². The number of aromatic hydroxyl groups is 1. The van der Waals surface area contributed by atoms with Crippen LogP contribution in [0.3, 0.4) is 0 Å². The van der Waals surface area contributed by atoms with Crippen molar-refractivity contribution in [3.8, 4) is 11.8 Å². The van der Waals surface area contributed by atoms with Gasteiger partial charge in [0, 0.05) is 16.8 Å². The van der Waals surface area contributed by atoms with E-state index < -0.39 is 10.0 Å². The maximum Gasteiger partial charge on any atom is 0.287 e. The summed E-state index contributed by atoms with van der Waals surface area (Å²) < 4.78 is 28.0. The number of benzene rings is 2. The average molecular weight is 349 g/mol. The Balaban J connectivity index is 1.97. The average Bonchev–Trinajstić information content (AvgIpc) is 2.49. The van der Waals surface area contributed by atoms with Crippen molar-refractivity contribution in [3.05, 3.63) is 47.0 Å². The van der Waals surface area contributed by atoms with Gasteiger partial charge in [0.15, 0.2) is 0 Å². The molecule has 0 atom stereocenters. The van der Waals surface area contributed by atoms with Crippen LogP contribution in [0.5, 0.6) is 5.75 Å². The van der Waals surface area contributed by atoms with Gasteiger partial charge in [-0.05, 0) is 30.3 Å². The Morgan fingerprint density at radius 1 is 1.26 bits per heavy atom. The van der Waals surface area contributed by atoms with Gasteiger partial charge in [0.05, 0.1) is 11.6 Å². The van der Waals surface area contributed by atoms with E-state index in [0.29, 0.717) is 11.3 Å². The van der Waals surface area contributed by atoms with E-state index >= 15 is 0 Å². The van der Waals surface area contributed by atoms with Crippen LogP contribution in [0.1, 0.15) is 5.56 Å². The van der Waals surface area contributed by atoms with E-state index in [4.69, 9.17) is 16.9 Å². The third-order valence-electron chi connectivity index (χ3n) is 3.06. The number of fused-ring (bicyclic) bond motifs is 1. The van der Waals surface area contributed by atoms with Crippen LogP contribution in [0.2, 0.25) is 5.02 Å². The highest BCUT2D eigenvalue weighted by Crippen LogP contribution is 2.37. The molecule has 0 aliphatic carbocycles. The van der Waals surface area contributed by atoms with E-state index in [1.54, 1.807) is 24.3 Å². The molecule has 0 radical (unpaired) electrons. The second kappa shape index (κ2) is 5.46. The summed E-state index contributed by atoms with van der Waals surface area (Å²) in [5.74, 6) is -0.370. The summed E-state index contributed by atoms with van der Waals surface area (Å²) in [5.41, 5.74) is 1.00. The molecule has 0 saturated heterocycles. The first-order valence-electron chi connectivity index (χ1n) is 6.31. The molecule has 1 heterocycles. The number of hydrogen-bond acceptors (Lipinski definition) is 6. The highest BCUT2D eigenvalue weighted by atomic mass is 35.5. The number of guanidine groups is 1. The number of phenols is 1. The van der Waals surface area contributed by atoms with E-state index in [9.17, 15) is 13.5 Å². The second-order valence-corrected chi connectivity index (χ2v) is 6.66. The standard InChI is InChI=1S/C14H9ClN4O3S/c15-9-5-11(20)13-12(6-9)23(21,22)19-14(18-13)17-10-3-1-8(7-16)2-4-10/h1-6,20H,(H2,17,18,19). The molecule has 1 aliphatic heterocycles. The first-order chi connectivity index (χ1) is 10.9. The van der Waals surface area contributed by atoms with Crippen LogP contribution in [0, 0.1) is 11.3 Å². The van der Waals surface area contributed by atoms with Crippen molar-refractivity contribution >= 4 is 39.0 Å². The summed E-state index contributed by atoms with van der Waals surface area (Å²) in [7, 11) is -4.00. The minimum Gasteiger partial charge on any atom is -0.506 e. The van der Waals surface area contributed by atoms with Gasteiger partial charge in [-0.2, -0.15) is 13.7 Å². The number of nitrogens with zero attached hydrogens (tertiary/aromatic N) is 2. The third-order valence-corrected chi connectivity index (χ3v) is 4.57. The fraction of sp³-hybridized carbons (Fsp3) is 0. The Kier molecular flexibility index (Phi) is 3.60. The molecular formula is C14H9ClN4O3S. The molecule has 0 unspecified atom stereocenters. The quantitative estimate of drug-likeness (QED) is 0.682. The lowest BCUT2D eigenvalue weighted by molar-refractivity contribution is 0.476. The van der Waals surface area contributed by atoms with E-state index in [-0.39, 0.29) is 27.3 Å². The summed E-state index contributed by atoms with van der Waals surface area (Å²) in [5, 5.41) is 24.2. The van der Waals surface area contributed by atoms with E-state index in [1.165, 1.54) is 12.1 Å². The summed E-state index contributed by atoms with van der Waals surface area (Å²) in [6.45, 7) is 0. The van der Waals surface area contributed by atoms with Crippen molar-refractivity contribution in [2.75, 3.05) is 10.6 Å². The molecule has 23 heavy (non-hydrogen) atoms. The normalized spacial score (nSPS) is 14.9. The molecule has 3 rings (SSSR count). The monoisotopic (exact) mass is 348 g/mol. The second-order valence-electron chi connectivity index (χ2n) is 4.65. The molecule has 0 amide bonds. The number of anilines is 2. The molecule has 0 spiro atoms. The van der Waals surface area contributed by atoms with Crippen LogP contribution in [0.25, 0.3) is 0 Å². The first-order valence-corrected chi connectivity index (χ1v) is 8.12. The van der Waals surface area contributed by atoms with Gasteiger partial charge in [-0.1, -0.05) is 11.6 Å². The Labute approximate surface area is 136 Å². The minimum atomic E-state index is -4.00. The number of sulfonamides is 1. The van der Waals surface area contributed by atoms with Crippen LogP contribution in [-0.4, -0.2) is 19.5 Å². The fourth-order valence-corrected chi connectivity index (χ4v) is 3.42. The molecule has 3 N–H and O–H groups in total. The predicted octanol–water partition coefficient (Wildman–Crippen LogP) is 2.50. The van der Waals surface area contributed by atoms with Crippen molar-refractivity contribution in [1.29, 1.82) is 5.26 Å². The van der Waals surface area contributed by atoms with Gasteiger partial charge in [0.2, 0.25) is 5.96 Å². The van der Waals surface area contributed by atoms with Gasteiger partial charge in [0.1, 0.15) is 16.3 Å². The highest BCUT2D eigenvalue weighted by Gasteiger charge is 2.28. The lowest BCUT2D eigenvalue weighted by Crippen LogP contribution is -2.28. The predicted molar refractivity (Wildman–Crippen MR) is 86.1 cm³/mol. The first kappa shape index (κ1) is 15.1. The lowest BCUT2D eigenvalue weighted by atomic mass is 10.2. The van der Waals surface area contributed by atoms with Crippen LogP contribution in [0.15, 0.2) is 45.7 Å². The van der Waals surface area contributed by atoms with Gasteiger partial charge >= 0.3 is 0 Å². The molecule has 1 aliphatic rings. The minimum absolute atomic E-state index is 0.000505. The van der Waals surface area contributed by atoms with Crippen molar-refractivity contribution in [2.24, 2.45) is 4.40 Å². The molecule has 0 fully saturated rings. The van der Waals surface area contributed by atoms with Gasteiger partial charge in [-0.15, -0.1) is 4.40 Å². The van der Waals surface area contributed by atoms with Gasteiger partial charge in [-0.25, -0.2) is 0 Å².